The molecule has 0 bridgehead atoms. The lowest BCUT2D eigenvalue weighted by molar-refractivity contribution is 0.305. The quantitative estimate of drug-likeness (QED) is 0.595. The van der Waals surface area contributed by atoms with E-state index in [0.29, 0.717) is 0 Å². The second-order valence-electron chi connectivity index (χ2n) is 5.20. The van der Waals surface area contributed by atoms with Crippen molar-refractivity contribution < 1.29 is 0 Å². The monoisotopic (exact) mass is 327 g/mol. The molecule has 3 atom stereocenters. The Balaban J connectivity index is 1.63. The van der Waals surface area contributed by atoms with Crippen molar-refractivity contribution >= 4 is 22.6 Å². The molecule has 1 aliphatic carbocycles. The number of rotatable bonds is 2. The molecule has 1 heterocycles. The van der Waals surface area contributed by atoms with Crippen LogP contribution in [0.5, 0.6) is 0 Å². The van der Waals surface area contributed by atoms with Gasteiger partial charge in [0.2, 0.25) is 0 Å². The second kappa shape index (κ2) is 4.65. The SMILES string of the molecule is IC1CCC2CN(Cc3ccccc3)CC12. The molecule has 0 aromatic heterocycles. The van der Waals surface area contributed by atoms with Crippen LogP contribution < -0.4 is 0 Å². The Bertz CT molecular complexity index is 351. The summed E-state index contributed by atoms with van der Waals surface area (Å²) in [5.74, 6) is 1.97. The molecule has 2 fully saturated rings. The van der Waals surface area contributed by atoms with Crippen LogP contribution in [0.25, 0.3) is 0 Å². The van der Waals surface area contributed by atoms with Crippen molar-refractivity contribution in [2.45, 2.75) is 23.3 Å². The first-order chi connectivity index (χ1) is 7.83. The number of fused-ring (bicyclic) bond motifs is 1. The maximum Gasteiger partial charge on any atom is 0.0233 e. The molecule has 16 heavy (non-hydrogen) atoms. The van der Waals surface area contributed by atoms with Crippen LogP contribution in [0.3, 0.4) is 0 Å². The Labute approximate surface area is 111 Å². The van der Waals surface area contributed by atoms with Gasteiger partial charge in [-0.25, -0.2) is 0 Å². The van der Waals surface area contributed by atoms with Gasteiger partial charge in [-0.1, -0.05) is 52.9 Å². The van der Waals surface area contributed by atoms with Gasteiger partial charge < -0.3 is 0 Å². The molecular formula is C14H18IN. The minimum atomic E-state index is 0.934. The summed E-state index contributed by atoms with van der Waals surface area (Å²) < 4.78 is 0.934. The van der Waals surface area contributed by atoms with E-state index in [1.54, 1.807) is 0 Å². The molecule has 0 radical (unpaired) electrons. The number of alkyl halides is 1. The van der Waals surface area contributed by atoms with Crippen LogP contribution in [0.1, 0.15) is 18.4 Å². The molecule has 1 saturated heterocycles. The second-order valence-corrected chi connectivity index (χ2v) is 6.80. The molecule has 1 nitrogen and oxygen atoms in total. The molecule has 0 amide bonds. The van der Waals surface area contributed by atoms with Crippen molar-refractivity contribution in [1.29, 1.82) is 0 Å². The van der Waals surface area contributed by atoms with E-state index >= 15 is 0 Å². The van der Waals surface area contributed by atoms with Gasteiger partial charge in [-0.2, -0.15) is 0 Å². The van der Waals surface area contributed by atoms with E-state index in [2.05, 4.69) is 57.8 Å². The van der Waals surface area contributed by atoms with Crippen LogP contribution in [0.4, 0.5) is 0 Å². The topological polar surface area (TPSA) is 3.24 Å². The standard InChI is InChI=1S/C14H18IN/c15-14-7-6-12-9-16(10-13(12)14)8-11-4-2-1-3-5-11/h1-5,12-14H,6-10H2. The summed E-state index contributed by atoms with van der Waals surface area (Å²) in [6, 6.07) is 10.9. The molecule has 3 rings (SSSR count). The van der Waals surface area contributed by atoms with Crippen molar-refractivity contribution in [3.05, 3.63) is 35.9 Å². The summed E-state index contributed by atoms with van der Waals surface area (Å²) in [6.45, 7) is 3.81. The highest BCUT2D eigenvalue weighted by atomic mass is 127. The Morgan fingerprint density at radius 3 is 2.69 bits per heavy atom. The van der Waals surface area contributed by atoms with Crippen molar-refractivity contribution in [2.24, 2.45) is 11.8 Å². The first-order valence-corrected chi connectivity index (χ1v) is 7.48. The Morgan fingerprint density at radius 1 is 1.12 bits per heavy atom. The van der Waals surface area contributed by atoms with Crippen molar-refractivity contribution in [2.75, 3.05) is 13.1 Å². The van der Waals surface area contributed by atoms with Gasteiger partial charge in [0.05, 0.1) is 0 Å². The van der Waals surface area contributed by atoms with E-state index < -0.39 is 0 Å². The molecule has 1 aromatic rings. The summed E-state index contributed by atoms with van der Waals surface area (Å²) in [7, 11) is 0. The van der Waals surface area contributed by atoms with Gasteiger partial charge in [0, 0.05) is 23.6 Å². The Morgan fingerprint density at radius 2 is 1.94 bits per heavy atom. The van der Waals surface area contributed by atoms with E-state index in [1.807, 2.05) is 0 Å². The van der Waals surface area contributed by atoms with Gasteiger partial charge >= 0.3 is 0 Å². The lowest BCUT2D eigenvalue weighted by atomic mass is 10.0. The Kier molecular flexibility index (Phi) is 3.20. The zero-order chi connectivity index (χ0) is 11.0. The minimum absolute atomic E-state index is 0.934. The van der Waals surface area contributed by atoms with Gasteiger partial charge in [-0.3, -0.25) is 4.90 Å². The van der Waals surface area contributed by atoms with Crippen molar-refractivity contribution in [3.8, 4) is 0 Å². The van der Waals surface area contributed by atoms with Gasteiger partial charge in [-0.15, -0.1) is 0 Å². The lowest BCUT2D eigenvalue weighted by Crippen LogP contribution is -2.22. The number of hydrogen-bond donors (Lipinski definition) is 0. The molecule has 2 heteroatoms. The van der Waals surface area contributed by atoms with Gasteiger partial charge in [-0.05, 0) is 30.2 Å². The molecule has 3 unspecified atom stereocenters. The predicted molar refractivity (Wildman–Crippen MR) is 75.7 cm³/mol. The number of benzene rings is 1. The summed E-state index contributed by atoms with van der Waals surface area (Å²) in [4.78, 5) is 2.65. The van der Waals surface area contributed by atoms with Gasteiger partial charge in [0.1, 0.15) is 0 Å². The fourth-order valence-electron chi connectivity index (χ4n) is 3.26. The van der Waals surface area contributed by atoms with Crippen LogP contribution in [-0.2, 0) is 6.54 Å². The largest absolute Gasteiger partial charge is 0.298 e. The zero-order valence-electron chi connectivity index (χ0n) is 9.48. The van der Waals surface area contributed by atoms with E-state index in [0.717, 1.165) is 22.3 Å². The van der Waals surface area contributed by atoms with Crippen LogP contribution in [0.2, 0.25) is 0 Å². The predicted octanol–water partition coefficient (Wildman–Crippen LogP) is 3.33. The molecule has 1 saturated carbocycles. The highest BCUT2D eigenvalue weighted by molar-refractivity contribution is 14.1. The normalized spacial score (nSPS) is 34.2. The Hall–Kier alpha value is -0.0900. The first kappa shape index (κ1) is 11.0. The first-order valence-electron chi connectivity index (χ1n) is 6.23. The molecule has 0 N–H and O–H groups in total. The average Bonchev–Trinajstić information content (AvgIpc) is 2.83. The maximum absolute atomic E-state index is 2.66. The smallest absolute Gasteiger partial charge is 0.0233 e. The average molecular weight is 327 g/mol. The summed E-state index contributed by atoms with van der Waals surface area (Å²) in [5.41, 5.74) is 1.47. The fourth-order valence-corrected chi connectivity index (χ4v) is 4.44. The number of nitrogens with zero attached hydrogens (tertiary/aromatic N) is 1. The maximum atomic E-state index is 2.66. The minimum Gasteiger partial charge on any atom is -0.298 e. The summed E-state index contributed by atoms with van der Waals surface area (Å²) >= 11 is 2.66. The van der Waals surface area contributed by atoms with Crippen LogP contribution in [-0.4, -0.2) is 21.9 Å². The highest BCUT2D eigenvalue weighted by Crippen LogP contribution is 2.42. The number of halogens is 1. The molecule has 2 aliphatic rings. The van der Waals surface area contributed by atoms with Crippen molar-refractivity contribution in [1.82, 2.24) is 4.90 Å². The molecule has 1 aromatic carbocycles. The summed E-state index contributed by atoms with van der Waals surface area (Å²) in [6.07, 6.45) is 2.92. The van der Waals surface area contributed by atoms with E-state index in [9.17, 15) is 0 Å². The number of likely N-dealkylation sites (tertiary alicyclic amines) is 1. The lowest BCUT2D eigenvalue weighted by Gasteiger charge is -2.17. The van der Waals surface area contributed by atoms with Crippen molar-refractivity contribution in [3.63, 3.8) is 0 Å². The highest BCUT2D eigenvalue weighted by Gasteiger charge is 2.41. The van der Waals surface area contributed by atoms with Crippen LogP contribution in [0.15, 0.2) is 30.3 Å². The van der Waals surface area contributed by atoms with E-state index in [1.165, 1.54) is 31.5 Å². The van der Waals surface area contributed by atoms with E-state index in [4.69, 9.17) is 0 Å². The number of hydrogen-bond acceptors (Lipinski definition) is 1. The third-order valence-corrected chi connectivity index (χ3v) is 5.64. The molecule has 0 spiro atoms. The third kappa shape index (κ3) is 2.14. The van der Waals surface area contributed by atoms with Gasteiger partial charge in [0.25, 0.3) is 0 Å². The van der Waals surface area contributed by atoms with Gasteiger partial charge in [0.15, 0.2) is 0 Å². The van der Waals surface area contributed by atoms with E-state index in [-0.39, 0.29) is 0 Å². The third-order valence-electron chi connectivity index (χ3n) is 4.09. The molecule has 1 aliphatic heterocycles. The van der Waals surface area contributed by atoms with Crippen LogP contribution in [0, 0.1) is 11.8 Å². The summed E-state index contributed by atoms with van der Waals surface area (Å²) in [5, 5.41) is 0. The molecule has 86 valence electrons. The zero-order valence-corrected chi connectivity index (χ0v) is 11.6. The molecular weight excluding hydrogens is 309 g/mol. The van der Waals surface area contributed by atoms with Crippen LogP contribution >= 0.6 is 22.6 Å². The fraction of sp³-hybridized carbons (Fsp3) is 0.571.